The molecule has 5 heteroatoms. The van der Waals surface area contributed by atoms with E-state index in [9.17, 15) is 14.7 Å². The maximum atomic E-state index is 12.3. The number of amides is 1. The van der Waals surface area contributed by atoms with Crippen LogP contribution < -0.4 is 10.1 Å². The van der Waals surface area contributed by atoms with Gasteiger partial charge in [-0.25, -0.2) is 4.79 Å². The first kappa shape index (κ1) is 18.5. The van der Waals surface area contributed by atoms with Crippen molar-refractivity contribution in [3.8, 4) is 5.75 Å². The number of ether oxygens (including phenoxy) is 1. The molecule has 1 amide bonds. The van der Waals surface area contributed by atoms with Gasteiger partial charge in [-0.15, -0.1) is 0 Å². The van der Waals surface area contributed by atoms with Crippen LogP contribution in [0, 0.1) is 20.8 Å². The van der Waals surface area contributed by atoms with E-state index in [1.54, 1.807) is 31.4 Å². The number of nitrogens with one attached hydrogen (secondary N) is 1. The van der Waals surface area contributed by atoms with Crippen LogP contribution in [0.3, 0.4) is 0 Å². The van der Waals surface area contributed by atoms with Crippen molar-refractivity contribution in [2.45, 2.75) is 33.6 Å². The minimum Gasteiger partial charge on any atom is -0.496 e. The molecule has 0 aliphatic heterocycles. The number of rotatable bonds is 6. The molecule has 0 atom stereocenters. The van der Waals surface area contributed by atoms with Crippen molar-refractivity contribution in [2.75, 3.05) is 12.4 Å². The highest BCUT2D eigenvalue weighted by Crippen LogP contribution is 2.31. The van der Waals surface area contributed by atoms with Crippen molar-refractivity contribution in [2.24, 2.45) is 0 Å². The fraction of sp³-hybridized carbons (Fsp3) is 0.300. The summed E-state index contributed by atoms with van der Waals surface area (Å²) in [6.07, 6.45) is 0.593. The second-order valence-electron chi connectivity index (χ2n) is 6.03. The summed E-state index contributed by atoms with van der Waals surface area (Å²) in [6, 6.07) is 8.65. The molecule has 0 spiro atoms. The molecule has 0 radical (unpaired) electrons. The average Bonchev–Trinajstić information content (AvgIpc) is 2.60. The second-order valence-corrected chi connectivity index (χ2v) is 6.03. The van der Waals surface area contributed by atoms with Gasteiger partial charge < -0.3 is 15.2 Å². The number of hydrogen-bond donors (Lipinski definition) is 2. The van der Waals surface area contributed by atoms with Crippen molar-refractivity contribution in [3.63, 3.8) is 0 Å². The second kappa shape index (κ2) is 7.83. The number of carboxylic acid groups (broad SMARTS) is 1. The van der Waals surface area contributed by atoms with Gasteiger partial charge in [-0.05, 0) is 61.6 Å². The van der Waals surface area contributed by atoms with E-state index >= 15 is 0 Å². The van der Waals surface area contributed by atoms with Gasteiger partial charge in [-0.2, -0.15) is 0 Å². The topological polar surface area (TPSA) is 75.6 Å². The molecular weight excluding hydrogens is 318 g/mol. The maximum Gasteiger partial charge on any atom is 0.335 e. The van der Waals surface area contributed by atoms with Crippen LogP contribution in [0.4, 0.5) is 5.69 Å². The number of carbonyl (C=O) groups excluding carboxylic acids is 1. The molecule has 5 nitrogen and oxygen atoms in total. The third kappa shape index (κ3) is 4.18. The monoisotopic (exact) mass is 341 g/mol. The Morgan fingerprint density at radius 3 is 2.44 bits per heavy atom. The van der Waals surface area contributed by atoms with Crippen molar-refractivity contribution in [1.82, 2.24) is 0 Å². The predicted molar refractivity (Wildman–Crippen MR) is 97.6 cm³/mol. The molecule has 0 saturated carbocycles. The summed E-state index contributed by atoms with van der Waals surface area (Å²) in [5, 5.41) is 12.2. The summed E-state index contributed by atoms with van der Waals surface area (Å²) in [5.74, 6) is -0.326. The summed E-state index contributed by atoms with van der Waals surface area (Å²) < 4.78 is 5.34. The van der Waals surface area contributed by atoms with Crippen molar-refractivity contribution >= 4 is 17.6 Å². The van der Waals surface area contributed by atoms with Crippen LogP contribution in [0.1, 0.15) is 39.0 Å². The Hall–Kier alpha value is -2.82. The maximum absolute atomic E-state index is 12.3. The number of carboxylic acids is 1. The lowest BCUT2D eigenvalue weighted by Gasteiger charge is -2.17. The third-order valence-corrected chi connectivity index (χ3v) is 4.40. The number of aromatic carboxylic acids is 1. The van der Waals surface area contributed by atoms with Gasteiger partial charge in [0.1, 0.15) is 5.75 Å². The van der Waals surface area contributed by atoms with Crippen molar-refractivity contribution < 1.29 is 19.4 Å². The highest BCUT2D eigenvalue weighted by atomic mass is 16.5. The van der Waals surface area contributed by atoms with Crippen LogP contribution in [0.25, 0.3) is 0 Å². The lowest BCUT2D eigenvalue weighted by molar-refractivity contribution is -0.116. The van der Waals surface area contributed by atoms with Gasteiger partial charge in [0.05, 0.1) is 12.7 Å². The molecule has 0 saturated heterocycles. The van der Waals surface area contributed by atoms with E-state index < -0.39 is 5.97 Å². The molecule has 0 heterocycles. The number of anilines is 1. The third-order valence-electron chi connectivity index (χ3n) is 4.40. The van der Waals surface area contributed by atoms with Gasteiger partial charge >= 0.3 is 5.97 Å². The Morgan fingerprint density at radius 2 is 1.80 bits per heavy atom. The first-order valence-corrected chi connectivity index (χ1v) is 8.11. The Kier molecular flexibility index (Phi) is 5.80. The predicted octanol–water partition coefficient (Wildman–Crippen LogP) is 3.89. The number of aryl methyl sites for hydroxylation is 2. The molecule has 0 aliphatic rings. The summed E-state index contributed by atoms with van der Waals surface area (Å²) in [5.41, 5.74) is 4.57. The zero-order valence-corrected chi connectivity index (χ0v) is 15.0. The van der Waals surface area contributed by atoms with Gasteiger partial charge in [0.25, 0.3) is 0 Å². The molecule has 2 aromatic rings. The van der Waals surface area contributed by atoms with Crippen LogP contribution in [0.5, 0.6) is 5.75 Å². The van der Waals surface area contributed by atoms with Gasteiger partial charge in [0.15, 0.2) is 0 Å². The molecular formula is C20H23NO4. The fourth-order valence-electron chi connectivity index (χ4n) is 2.85. The van der Waals surface area contributed by atoms with E-state index in [0.29, 0.717) is 12.0 Å². The van der Waals surface area contributed by atoms with E-state index in [1.807, 2.05) is 26.8 Å². The highest BCUT2D eigenvalue weighted by Gasteiger charge is 2.14. The SMILES string of the molecule is COc1cc(C)c(NC(=O)CCc2ccccc2C(=O)O)c(C)c1C. The van der Waals surface area contributed by atoms with Crippen LogP contribution in [-0.2, 0) is 11.2 Å². The molecule has 2 aromatic carbocycles. The first-order chi connectivity index (χ1) is 11.8. The number of hydrogen-bond acceptors (Lipinski definition) is 3. The molecule has 0 unspecified atom stereocenters. The van der Waals surface area contributed by atoms with E-state index in [0.717, 1.165) is 28.1 Å². The zero-order valence-electron chi connectivity index (χ0n) is 15.0. The van der Waals surface area contributed by atoms with Crippen LogP contribution >= 0.6 is 0 Å². The minimum atomic E-state index is -0.978. The van der Waals surface area contributed by atoms with Crippen LogP contribution in [0.15, 0.2) is 30.3 Å². The smallest absolute Gasteiger partial charge is 0.335 e. The molecule has 0 aromatic heterocycles. The molecule has 25 heavy (non-hydrogen) atoms. The van der Waals surface area contributed by atoms with E-state index in [-0.39, 0.29) is 17.9 Å². The van der Waals surface area contributed by atoms with Crippen molar-refractivity contribution in [3.05, 3.63) is 58.1 Å². The summed E-state index contributed by atoms with van der Waals surface area (Å²) in [6.45, 7) is 5.82. The standard InChI is InChI=1S/C20H23NO4/c1-12-11-17(25-4)13(2)14(3)19(12)21-18(22)10-9-15-7-5-6-8-16(15)20(23)24/h5-8,11H,9-10H2,1-4H3,(H,21,22)(H,23,24). The molecule has 0 bridgehead atoms. The van der Waals surface area contributed by atoms with Gasteiger partial charge in [-0.3, -0.25) is 4.79 Å². The van der Waals surface area contributed by atoms with Gasteiger partial charge in [0.2, 0.25) is 5.91 Å². The fourth-order valence-corrected chi connectivity index (χ4v) is 2.85. The number of methoxy groups -OCH3 is 1. The Labute approximate surface area is 147 Å². The average molecular weight is 341 g/mol. The highest BCUT2D eigenvalue weighted by molar-refractivity contribution is 5.93. The van der Waals surface area contributed by atoms with Crippen LogP contribution in [-0.4, -0.2) is 24.1 Å². The Bertz CT molecular complexity index is 812. The van der Waals surface area contributed by atoms with Crippen molar-refractivity contribution in [1.29, 1.82) is 0 Å². The lowest BCUT2D eigenvalue weighted by Crippen LogP contribution is -2.15. The van der Waals surface area contributed by atoms with E-state index in [4.69, 9.17) is 4.74 Å². The molecule has 132 valence electrons. The first-order valence-electron chi connectivity index (χ1n) is 8.11. The zero-order chi connectivity index (χ0) is 18.6. The van der Waals surface area contributed by atoms with Gasteiger partial charge in [0, 0.05) is 12.1 Å². The molecule has 0 aliphatic carbocycles. The minimum absolute atomic E-state index is 0.143. The quantitative estimate of drug-likeness (QED) is 0.836. The number of carbonyl (C=O) groups is 2. The molecule has 0 fully saturated rings. The summed E-state index contributed by atoms with van der Waals surface area (Å²) in [4.78, 5) is 23.6. The molecule has 2 N–H and O–H groups in total. The summed E-state index contributed by atoms with van der Waals surface area (Å²) in [7, 11) is 1.62. The Balaban J connectivity index is 2.12. The summed E-state index contributed by atoms with van der Waals surface area (Å²) >= 11 is 0. The van der Waals surface area contributed by atoms with E-state index in [2.05, 4.69) is 5.32 Å². The molecule has 2 rings (SSSR count). The lowest BCUT2D eigenvalue weighted by atomic mass is 10.0. The van der Waals surface area contributed by atoms with E-state index in [1.165, 1.54) is 0 Å². The largest absolute Gasteiger partial charge is 0.496 e. The number of benzene rings is 2. The Morgan fingerprint density at radius 1 is 1.12 bits per heavy atom. The van der Waals surface area contributed by atoms with Crippen LogP contribution in [0.2, 0.25) is 0 Å². The normalized spacial score (nSPS) is 10.4. The van der Waals surface area contributed by atoms with Gasteiger partial charge in [-0.1, -0.05) is 18.2 Å².